The highest BCUT2D eigenvalue weighted by Gasteiger charge is 2.42. The van der Waals surface area contributed by atoms with E-state index in [0.29, 0.717) is 19.8 Å². The van der Waals surface area contributed by atoms with Crippen molar-refractivity contribution in [3.05, 3.63) is 108 Å². The molecule has 35 heavy (non-hydrogen) atoms. The molecule has 0 spiro atoms. The van der Waals surface area contributed by atoms with Crippen LogP contribution in [0, 0.1) is 0 Å². The summed E-state index contributed by atoms with van der Waals surface area (Å²) in [4.78, 5) is 4.16. The van der Waals surface area contributed by atoms with Crippen LogP contribution in [0.15, 0.2) is 97.6 Å². The predicted octanol–water partition coefficient (Wildman–Crippen LogP) is 6.45. The summed E-state index contributed by atoms with van der Waals surface area (Å²) < 4.78 is 20.8. The van der Waals surface area contributed by atoms with Crippen LogP contribution in [0.3, 0.4) is 0 Å². The van der Waals surface area contributed by atoms with Crippen molar-refractivity contribution in [1.82, 2.24) is 9.55 Å². The zero-order chi connectivity index (χ0) is 23.2. The zero-order valence-corrected chi connectivity index (χ0v) is 20.8. The molecule has 182 valence electrons. The molecule has 5 rings (SSSR count). The van der Waals surface area contributed by atoms with E-state index in [1.165, 1.54) is 11.1 Å². The third-order valence-electron chi connectivity index (χ3n) is 6.00. The lowest BCUT2D eigenvalue weighted by atomic mass is 10.0. The Bertz CT molecular complexity index is 1170. The van der Waals surface area contributed by atoms with E-state index in [9.17, 15) is 0 Å². The Morgan fingerprint density at radius 2 is 1.71 bits per heavy atom. The van der Waals surface area contributed by atoms with Crippen molar-refractivity contribution in [3.63, 3.8) is 0 Å². The summed E-state index contributed by atoms with van der Waals surface area (Å²) in [5, 5.41) is 0.735. The van der Waals surface area contributed by atoms with Crippen LogP contribution in [-0.4, -0.2) is 34.7 Å². The van der Waals surface area contributed by atoms with Crippen LogP contribution in [-0.2, 0) is 22.4 Å². The average molecular weight is 511 g/mol. The van der Waals surface area contributed by atoms with E-state index in [1.807, 2.05) is 65.4 Å². The number of aromatic nitrogens is 2. The van der Waals surface area contributed by atoms with Gasteiger partial charge in [-0.2, -0.15) is 0 Å². The smallest absolute Gasteiger partial charge is 0.187 e. The Kier molecular flexibility index (Phi) is 8.47. The fourth-order valence-corrected chi connectivity index (χ4v) is 4.33. The molecule has 0 radical (unpaired) electrons. The Morgan fingerprint density at radius 1 is 0.971 bits per heavy atom. The van der Waals surface area contributed by atoms with Crippen LogP contribution >= 0.6 is 24.0 Å². The predicted molar refractivity (Wildman–Crippen MR) is 140 cm³/mol. The first kappa shape index (κ1) is 25.3. The van der Waals surface area contributed by atoms with Gasteiger partial charge in [-0.15, -0.1) is 12.4 Å². The minimum absolute atomic E-state index is 0. The molecule has 1 fully saturated rings. The Labute approximate surface area is 217 Å². The van der Waals surface area contributed by atoms with Gasteiger partial charge in [0, 0.05) is 23.8 Å². The van der Waals surface area contributed by atoms with E-state index in [4.69, 9.17) is 25.8 Å². The van der Waals surface area contributed by atoms with Crippen LogP contribution in [0.4, 0.5) is 0 Å². The van der Waals surface area contributed by atoms with Gasteiger partial charge in [-0.3, -0.25) is 0 Å². The van der Waals surface area contributed by atoms with Gasteiger partial charge in [-0.25, -0.2) is 4.98 Å². The average Bonchev–Trinajstić information content (AvgIpc) is 3.54. The first-order valence-electron chi connectivity index (χ1n) is 11.5. The number of hydrogen-bond donors (Lipinski definition) is 0. The van der Waals surface area contributed by atoms with Crippen molar-refractivity contribution in [1.29, 1.82) is 0 Å². The van der Waals surface area contributed by atoms with Gasteiger partial charge in [-0.05, 0) is 47.4 Å². The highest BCUT2D eigenvalue weighted by Crippen LogP contribution is 2.32. The lowest BCUT2D eigenvalue weighted by molar-refractivity contribution is -0.184. The number of nitrogens with zero attached hydrogens (tertiary/aromatic N) is 2. The topological polar surface area (TPSA) is 45.5 Å². The molecule has 2 heterocycles. The van der Waals surface area contributed by atoms with Gasteiger partial charge in [0.2, 0.25) is 0 Å². The number of halogens is 2. The fraction of sp³-hybridized carbons (Fsp3) is 0.250. The molecule has 3 aromatic carbocycles. The molecule has 1 aliphatic rings. The summed E-state index contributed by atoms with van der Waals surface area (Å²) in [5.41, 5.74) is 3.54. The van der Waals surface area contributed by atoms with E-state index in [0.717, 1.165) is 29.2 Å². The van der Waals surface area contributed by atoms with E-state index in [-0.39, 0.29) is 18.5 Å². The zero-order valence-electron chi connectivity index (χ0n) is 19.3. The first-order valence-corrected chi connectivity index (χ1v) is 11.9. The number of ether oxygens (including phenoxy) is 3. The molecular formula is C28H28Cl2N2O3. The van der Waals surface area contributed by atoms with Crippen LogP contribution in [0.25, 0.3) is 11.1 Å². The largest absolute Gasteiger partial charge is 0.491 e. The molecule has 1 saturated heterocycles. The van der Waals surface area contributed by atoms with Crippen molar-refractivity contribution in [3.8, 4) is 16.9 Å². The molecule has 7 heteroatoms. The quantitative estimate of drug-likeness (QED) is 0.259. The third-order valence-corrected chi connectivity index (χ3v) is 6.25. The van der Waals surface area contributed by atoms with Crippen molar-refractivity contribution in [2.75, 3.05) is 13.2 Å². The molecular weight excluding hydrogens is 483 g/mol. The Balaban J connectivity index is 0.00000289. The summed E-state index contributed by atoms with van der Waals surface area (Å²) in [6.45, 7) is 1.48. The normalized spacial score (nSPS) is 19.3. The number of hydrogen-bond acceptors (Lipinski definition) is 4. The second-order valence-electron chi connectivity index (χ2n) is 8.52. The van der Waals surface area contributed by atoms with E-state index < -0.39 is 5.79 Å². The van der Waals surface area contributed by atoms with E-state index in [2.05, 4.69) is 29.2 Å². The molecule has 0 unspecified atom stereocenters. The summed E-state index contributed by atoms with van der Waals surface area (Å²) in [6, 6.07) is 26.4. The van der Waals surface area contributed by atoms with Crippen molar-refractivity contribution in [2.24, 2.45) is 0 Å². The first-order chi connectivity index (χ1) is 16.7. The van der Waals surface area contributed by atoms with Crippen LogP contribution in [0.2, 0.25) is 5.02 Å². The molecule has 5 nitrogen and oxygen atoms in total. The van der Waals surface area contributed by atoms with Crippen molar-refractivity contribution < 1.29 is 14.2 Å². The van der Waals surface area contributed by atoms with Gasteiger partial charge in [0.05, 0.1) is 19.5 Å². The molecule has 0 saturated carbocycles. The third kappa shape index (κ3) is 6.65. The van der Waals surface area contributed by atoms with Crippen LogP contribution in [0.5, 0.6) is 5.75 Å². The van der Waals surface area contributed by atoms with Crippen LogP contribution in [0.1, 0.15) is 12.0 Å². The van der Waals surface area contributed by atoms with Gasteiger partial charge in [0.25, 0.3) is 0 Å². The highest BCUT2D eigenvalue weighted by atomic mass is 35.5. The maximum atomic E-state index is 6.46. The van der Waals surface area contributed by atoms with Gasteiger partial charge in [-0.1, -0.05) is 66.2 Å². The molecule has 0 amide bonds. The molecule has 2 atom stereocenters. The summed E-state index contributed by atoms with van der Waals surface area (Å²) in [5.74, 6) is 0.0856. The van der Waals surface area contributed by atoms with Crippen molar-refractivity contribution in [2.45, 2.75) is 31.3 Å². The molecule has 1 aromatic heterocycles. The highest BCUT2D eigenvalue weighted by molar-refractivity contribution is 6.30. The van der Waals surface area contributed by atoms with Gasteiger partial charge in [0.15, 0.2) is 5.79 Å². The summed E-state index contributed by atoms with van der Waals surface area (Å²) in [7, 11) is 0. The van der Waals surface area contributed by atoms with Crippen LogP contribution < -0.4 is 4.74 Å². The lowest BCUT2D eigenvalue weighted by Gasteiger charge is -2.28. The Hall–Kier alpha value is -2.83. The lowest BCUT2D eigenvalue weighted by Crippen LogP contribution is -2.37. The van der Waals surface area contributed by atoms with Gasteiger partial charge < -0.3 is 18.8 Å². The molecule has 0 bridgehead atoms. The SMILES string of the molecule is Cl.Clc1ccc(CC[C@@]2(Cn3ccnc3)OC[C@@H](COc3ccc(-c4ccccc4)cc3)O2)cc1. The molecule has 0 aliphatic carbocycles. The number of aryl methyl sites for hydroxylation is 1. The maximum absolute atomic E-state index is 6.46. The van der Waals surface area contributed by atoms with Gasteiger partial charge >= 0.3 is 0 Å². The minimum atomic E-state index is -0.731. The minimum Gasteiger partial charge on any atom is -0.491 e. The van der Waals surface area contributed by atoms with E-state index in [1.54, 1.807) is 12.5 Å². The molecule has 4 aromatic rings. The summed E-state index contributed by atoms with van der Waals surface area (Å²) >= 11 is 6.03. The molecule has 1 aliphatic heterocycles. The summed E-state index contributed by atoms with van der Waals surface area (Å²) in [6.07, 6.45) is 6.86. The van der Waals surface area contributed by atoms with Gasteiger partial charge in [0.1, 0.15) is 18.5 Å². The molecule has 0 N–H and O–H groups in total. The fourth-order valence-electron chi connectivity index (χ4n) is 4.20. The Morgan fingerprint density at radius 3 is 2.43 bits per heavy atom. The number of rotatable bonds is 9. The number of imidazole rings is 1. The monoisotopic (exact) mass is 510 g/mol. The second-order valence-corrected chi connectivity index (χ2v) is 8.96. The second kappa shape index (κ2) is 11.7. The van der Waals surface area contributed by atoms with Crippen molar-refractivity contribution >= 4 is 24.0 Å². The standard InChI is InChI=1S/C28H27ClN2O3.ClH/c29-25-10-6-22(7-11-25)14-15-28(20-31-17-16-30-21-31)33-19-27(34-28)18-32-26-12-8-24(9-13-26)23-4-2-1-3-5-23;/h1-13,16-17,21,27H,14-15,18-20H2;1H/t27-,28-;/m1./s1. The number of benzene rings is 3. The maximum Gasteiger partial charge on any atom is 0.187 e. The van der Waals surface area contributed by atoms with E-state index >= 15 is 0 Å².